The van der Waals surface area contributed by atoms with Crippen molar-refractivity contribution in [1.29, 1.82) is 0 Å². The Bertz CT molecular complexity index is 877. The lowest BCUT2D eigenvalue weighted by Crippen LogP contribution is -2.30. The first-order valence-corrected chi connectivity index (χ1v) is 9.27. The molecule has 1 heterocycles. The highest BCUT2D eigenvalue weighted by Crippen LogP contribution is 2.18. The molecule has 0 unspecified atom stereocenters. The molecule has 0 fully saturated rings. The molecule has 134 valence electrons. The van der Waals surface area contributed by atoms with Gasteiger partial charge in [-0.05, 0) is 42.8 Å². The third-order valence-corrected chi connectivity index (χ3v) is 4.66. The number of hydrogen-bond acceptors (Lipinski definition) is 2. The van der Waals surface area contributed by atoms with Crippen molar-refractivity contribution in [2.75, 3.05) is 11.9 Å². The van der Waals surface area contributed by atoms with Gasteiger partial charge in [0.1, 0.15) is 0 Å². The highest BCUT2D eigenvalue weighted by atomic mass is 35.5. The summed E-state index contributed by atoms with van der Waals surface area (Å²) in [7, 11) is 0. The fraction of sp³-hybridized carbons (Fsp3) is 0.200. The number of nitrogens with zero attached hydrogens (tertiary/aromatic N) is 2. The van der Waals surface area contributed by atoms with Crippen LogP contribution in [-0.2, 0) is 13.0 Å². The first-order chi connectivity index (χ1) is 12.6. The molecule has 1 aromatic heterocycles. The topological polar surface area (TPSA) is 41.9 Å². The van der Waals surface area contributed by atoms with Crippen molar-refractivity contribution in [2.24, 2.45) is 0 Å². The zero-order chi connectivity index (χ0) is 18.4. The van der Waals surface area contributed by atoms with Crippen LogP contribution in [0.15, 0.2) is 60.7 Å². The number of thiocarbonyl (C=S) groups is 1. The number of benzene rings is 2. The monoisotopic (exact) mass is 384 g/mol. The molecule has 0 aliphatic heterocycles. The molecule has 0 amide bonds. The van der Waals surface area contributed by atoms with E-state index in [2.05, 4.69) is 27.9 Å². The Morgan fingerprint density at radius 2 is 1.85 bits per heavy atom. The van der Waals surface area contributed by atoms with Crippen molar-refractivity contribution in [2.45, 2.75) is 19.9 Å². The molecular weight excluding hydrogens is 364 g/mol. The van der Waals surface area contributed by atoms with E-state index < -0.39 is 0 Å². The van der Waals surface area contributed by atoms with Crippen LogP contribution in [0.2, 0.25) is 5.02 Å². The third-order valence-electron chi connectivity index (χ3n) is 4.04. The Morgan fingerprint density at radius 1 is 1.12 bits per heavy atom. The maximum atomic E-state index is 6.24. The van der Waals surface area contributed by atoms with Gasteiger partial charge >= 0.3 is 0 Å². The van der Waals surface area contributed by atoms with Gasteiger partial charge in [0.15, 0.2) is 10.9 Å². The van der Waals surface area contributed by atoms with Gasteiger partial charge in [0, 0.05) is 23.3 Å². The molecule has 0 bridgehead atoms. The van der Waals surface area contributed by atoms with Crippen LogP contribution in [0.5, 0.6) is 0 Å². The molecule has 0 atom stereocenters. The van der Waals surface area contributed by atoms with E-state index in [1.807, 2.05) is 60.1 Å². The Morgan fingerprint density at radius 3 is 2.62 bits per heavy atom. The predicted molar refractivity (Wildman–Crippen MR) is 112 cm³/mol. The minimum atomic E-state index is 0.573. The maximum absolute atomic E-state index is 6.24. The minimum Gasteiger partial charge on any atom is -0.362 e. The Labute approximate surface area is 164 Å². The summed E-state index contributed by atoms with van der Waals surface area (Å²) in [4.78, 5) is 0. The van der Waals surface area contributed by atoms with Crippen molar-refractivity contribution in [3.8, 4) is 0 Å². The SMILES string of the molecule is Cc1cc(NC(=S)NCCc2ccccc2)nn1Cc1ccccc1Cl. The van der Waals surface area contributed by atoms with Crippen molar-refractivity contribution in [3.05, 3.63) is 82.5 Å². The average Bonchev–Trinajstić information content (AvgIpc) is 2.97. The molecule has 0 radical (unpaired) electrons. The van der Waals surface area contributed by atoms with Crippen molar-refractivity contribution < 1.29 is 0 Å². The number of hydrogen-bond donors (Lipinski definition) is 2. The van der Waals surface area contributed by atoms with Gasteiger partial charge in [-0.25, -0.2) is 0 Å². The van der Waals surface area contributed by atoms with Crippen LogP contribution in [0.4, 0.5) is 5.82 Å². The smallest absolute Gasteiger partial charge is 0.172 e. The minimum absolute atomic E-state index is 0.573. The molecule has 2 N–H and O–H groups in total. The van der Waals surface area contributed by atoms with Crippen molar-refractivity contribution >= 4 is 34.7 Å². The van der Waals surface area contributed by atoms with Gasteiger partial charge < -0.3 is 10.6 Å². The normalized spacial score (nSPS) is 10.5. The van der Waals surface area contributed by atoms with Crippen LogP contribution >= 0.6 is 23.8 Å². The summed E-state index contributed by atoms with van der Waals surface area (Å²) in [6, 6.07) is 20.1. The van der Waals surface area contributed by atoms with Crippen molar-refractivity contribution in [1.82, 2.24) is 15.1 Å². The largest absolute Gasteiger partial charge is 0.362 e. The number of aryl methyl sites for hydroxylation is 1. The van der Waals surface area contributed by atoms with Crippen LogP contribution in [-0.4, -0.2) is 21.4 Å². The van der Waals surface area contributed by atoms with Crippen molar-refractivity contribution in [3.63, 3.8) is 0 Å². The summed E-state index contributed by atoms with van der Waals surface area (Å²) in [6.07, 6.45) is 0.919. The van der Waals surface area contributed by atoms with E-state index in [1.54, 1.807) is 0 Å². The van der Waals surface area contributed by atoms with Crippen LogP contribution in [0.1, 0.15) is 16.8 Å². The third kappa shape index (κ3) is 5.07. The van der Waals surface area contributed by atoms with E-state index in [9.17, 15) is 0 Å². The van der Waals surface area contributed by atoms with Gasteiger partial charge in [0.05, 0.1) is 6.54 Å². The number of halogens is 1. The highest BCUT2D eigenvalue weighted by Gasteiger charge is 2.08. The predicted octanol–water partition coefficient (Wildman–Crippen LogP) is 4.42. The number of aromatic nitrogens is 2. The van der Waals surface area contributed by atoms with Crippen LogP contribution in [0, 0.1) is 6.92 Å². The van der Waals surface area contributed by atoms with Crippen LogP contribution < -0.4 is 10.6 Å². The van der Waals surface area contributed by atoms with Crippen LogP contribution in [0.3, 0.4) is 0 Å². The van der Waals surface area contributed by atoms with Gasteiger partial charge in [0.25, 0.3) is 0 Å². The molecule has 0 saturated heterocycles. The second kappa shape index (κ2) is 8.83. The molecule has 26 heavy (non-hydrogen) atoms. The van der Waals surface area contributed by atoms with E-state index in [0.717, 1.165) is 35.1 Å². The van der Waals surface area contributed by atoms with Gasteiger partial charge in [-0.15, -0.1) is 0 Å². The maximum Gasteiger partial charge on any atom is 0.172 e. The van der Waals surface area contributed by atoms with E-state index in [-0.39, 0.29) is 0 Å². The molecule has 4 nitrogen and oxygen atoms in total. The number of nitrogens with one attached hydrogen (secondary N) is 2. The summed E-state index contributed by atoms with van der Waals surface area (Å²) in [6.45, 7) is 3.41. The lowest BCUT2D eigenvalue weighted by Gasteiger charge is -2.09. The Kier molecular flexibility index (Phi) is 6.26. The van der Waals surface area contributed by atoms with Crippen LogP contribution in [0.25, 0.3) is 0 Å². The fourth-order valence-corrected chi connectivity index (χ4v) is 3.05. The highest BCUT2D eigenvalue weighted by molar-refractivity contribution is 7.80. The average molecular weight is 385 g/mol. The second-order valence-electron chi connectivity index (χ2n) is 6.04. The zero-order valence-electron chi connectivity index (χ0n) is 14.6. The first kappa shape index (κ1) is 18.4. The number of rotatable bonds is 6. The van der Waals surface area contributed by atoms with E-state index in [1.165, 1.54) is 5.56 Å². The fourth-order valence-electron chi connectivity index (χ4n) is 2.64. The Balaban J connectivity index is 1.53. The molecule has 3 rings (SSSR count). The quantitative estimate of drug-likeness (QED) is 0.617. The summed E-state index contributed by atoms with van der Waals surface area (Å²) < 4.78 is 1.91. The lowest BCUT2D eigenvalue weighted by molar-refractivity contribution is 0.668. The molecule has 0 saturated carbocycles. The standard InChI is InChI=1S/C20H21ClN4S/c1-15-13-19(24-25(15)14-17-9-5-6-10-18(17)21)23-20(26)22-12-11-16-7-3-2-4-8-16/h2-10,13H,11-12,14H2,1H3,(H2,22,23,24,26). The molecule has 3 aromatic rings. The summed E-state index contributed by atoms with van der Waals surface area (Å²) in [5.41, 5.74) is 3.36. The first-order valence-electron chi connectivity index (χ1n) is 8.48. The molecule has 0 aliphatic carbocycles. The Hall–Kier alpha value is -2.37. The van der Waals surface area contributed by atoms with Gasteiger partial charge in [-0.1, -0.05) is 60.1 Å². The molecular formula is C20H21ClN4S. The van der Waals surface area contributed by atoms with E-state index >= 15 is 0 Å². The van der Waals surface area contributed by atoms with E-state index in [0.29, 0.717) is 11.7 Å². The molecule has 0 aliphatic rings. The van der Waals surface area contributed by atoms with Gasteiger partial charge in [-0.3, -0.25) is 4.68 Å². The summed E-state index contributed by atoms with van der Waals surface area (Å²) in [5, 5.41) is 12.3. The molecule has 0 spiro atoms. The summed E-state index contributed by atoms with van der Waals surface area (Å²) in [5.74, 6) is 0.728. The number of anilines is 1. The molecule has 6 heteroatoms. The zero-order valence-corrected chi connectivity index (χ0v) is 16.1. The van der Waals surface area contributed by atoms with Gasteiger partial charge in [-0.2, -0.15) is 5.10 Å². The molecule has 2 aromatic carbocycles. The van der Waals surface area contributed by atoms with E-state index in [4.69, 9.17) is 23.8 Å². The summed E-state index contributed by atoms with van der Waals surface area (Å²) >= 11 is 11.6. The lowest BCUT2D eigenvalue weighted by atomic mass is 10.1. The second-order valence-corrected chi connectivity index (χ2v) is 6.85. The van der Waals surface area contributed by atoms with Gasteiger partial charge in [0.2, 0.25) is 0 Å².